The van der Waals surface area contributed by atoms with E-state index in [9.17, 15) is 4.79 Å². The number of primary amides is 1. The van der Waals surface area contributed by atoms with Crippen LogP contribution in [-0.4, -0.2) is 24.5 Å². The first-order chi connectivity index (χ1) is 7.60. The molecule has 0 spiro atoms. The lowest BCUT2D eigenvalue weighted by Gasteiger charge is -2.27. The van der Waals surface area contributed by atoms with E-state index in [0.29, 0.717) is 19.0 Å². The molecule has 2 unspecified atom stereocenters. The van der Waals surface area contributed by atoms with Crippen LogP contribution in [0.4, 0.5) is 0 Å². The van der Waals surface area contributed by atoms with E-state index in [0.717, 1.165) is 25.7 Å². The van der Waals surface area contributed by atoms with E-state index in [-0.39, 0.29) is 5.91 Å². The van der Waals surface area contributed by atoms with Crippen LogP contribution in [0.25, 0.3) is 10.4 Å². The number of amides is 1. The molecule has 0 aromatic heterocycles. The Hall–Kier alpha value is -1.26. The third-order valence-corrected chi connectivity index (χ3v) is 3.19. The lowest BCUT2D eigenvalue weighted by Crippen LogP contribution is -2.54. The number of hydrogen-bond acceptors (Lipinski definition) is 3. The molecule has 6 heteroatoms. The quantitative estimate of drug-likeness (QED) is 0.308. The zero-order chi connectivity index (χ0) is 12.0. The average molecular weight is 225 g/mol. The first-order valence-electron chi connectivity index (χ1n) is 5.66. The van der Waals surface area contributed by atoms with Crippen LogP contribution in [0.1, 0.15) is 32.6 Å². The van der Waals surface area contributed by atoms with Gasteiger partial charge in [-0.3, -0.25) is 4.79 Å². The molecular formula is C10H19N5O. The van der Waals surface area contributed by atoms with Crippen LogP contribution in [0.2, 0.25) is 0 Å². The Morgan fingerprint density at radius 1 is 1.75 bits per heavy atom. The van der Waals surface area contributed by atoms with E-state index in [1.807, 2.05) is 0 Å². The molecule has 16 heavy (non-hydrogen) atoms. The monoisotopic (exact) mass is 225 g/mol. The highest BCUT2D eigenvalue weighted by molar-refractivity contribution is 5.85. The van der Waals surface area contributed by atoms with E-state index < -0.39 is 5.54 Å². The van der Waals surface area contributed by atoms with Crippen molar-refractivity contribution in [3.63, 3.8) is 0 Å². The van der Waals surface area contributed by atoms with Crippen molar-refractivity contribution in [1.29, 1.82) is 0 Å². The van der Waals surface area contributed by atoms with Gasteiger partial charge in [0.05, 0.1) is 5.54 Å². The third kappa shape index (κ3) is 3.12. The summed E-state index contributed by atoms with van der Waals surface area (Å²) in [7, 11) is 0. The molecule has 1 aliphatic rings. The molecule has 0 bridgehead atoms. The standard InChI is InChI=1S/C10H19N5O/c1-8-3-4-10(7-8,9(11)16)13-5-2-6-14-15-12/h8,13H,2-7H2,1H3,(H2,11,16). The number of nitrogens with two attached hydrogens (primary N) is 1. The highest BCUT2D eigenvalue weighted by atomic mass is 16.1. The van der Waals surface area contributed by atoms with Crippen molar-refractivity contribution in [1.82, 2.24) is 5.32 Å². The van der Waals surface area contributed by atoms with Gasteiger partial charge in [0.15, 0.2) is 0 Å². The summed E-state index contributed by atoms with van der Waals surface area (Å²) in [4.78, 5) is 14.1. The predicted molar refractivity (Wildman–Crippen MR) is 61.6 cm³/mol. The second-order valence-electron chi connectivity index (χ2n) is 4.53. The van der Waals surface area contributed by atoms with Crippen LogP contribution in [-0.2, 0) is 4.79 Å². The van der Waals surface area contributed by atoms with E-state index >= 15 is 0 Å². The van der Waals surface area contributed by atoms with Crippen LogP contribution >= 0.6 is 0 Å². The summed E-state index contributed by atoms with van der Waals surface area (Å²) in [6, 6.07) is 0. The van der Waals surface area contributed by atoms with Crippen molar-refractivity contribution in [3.05, 3.63) is 10.4 Å². The Bertz CT molecular complexity index is 300. The van der Waals surface area contributed by atoms with Crippen molar-refractivity contribution in [3.8, 4) is 0 Å². The Balaban J connectivity index is 2.41. The Morgan fingerprint density at radius 2 is 2.50 bits per heavy atom. The van der Waals surface area contributed by atoms with Gasteiger partial charge < -0.3 is 11.1 Å². The maximum atomic E-state index is 11.5. The molecular weight excluding hydrogens is 206 g/mol. The molecule has 90 valence electrons. The average Bonchev–Trinajstić information content (AvgIpc) is 2.61. The second-order valence-corrected chi connectivity index (χ2v) is 4.53. The minimum absolute atomic E-state index is 0.263. The molecule has 0 aliphatic heterocycles. The molecule has 1 amide bonds. The molecule has 0 radical (unpaired) electrons. The van der Waals surface area contributed by atoms with Crippen LogP contribution < -0.4 is 11.1 Å². The zero-order valence-electron chi connectivity index (χ0n) is 9.65. The predicted octanol–water partition coefficient (Wildman–Crippen LogP) is 1.32. The summed E-state index contributed by atoms with van der Waals surface area (Å²) < 4.78 is 0. The van der Waals surface area contributed by atoms with E-state index in [2.05, 4.69) is 22.3 Å². The summed E-state index contributed by atoms with van der Waals surface area (Å²) in [5, 5.41) is 6.67. The van der Waals surface area contributed by atoms with Crippen LogP contribution in [0.15, 0.2) is 5.11 Å². The number of rotatable bonds is 6. The molecule has 0 aromatic rings. The molecule has 0 aromatic carbocycles. The van der Waals surface area contributed by atoms with Crippen molar-refractivity contribution in [2.24, 2.45) is 16.8 Å². The summed E-state index contributed by atoms with van der Waals surface area (Å²) >= 11 is 0. The summed E-state index contributed by atoms with van der Waals surface area (Å²) in [6.45, 7) is 3.24. The van der Waals surface area contributed by atoms with Gasteiger partial charge in [-0.25, -0.2) is 0 Å². The van der Waals surface area contributed by atoms with Crippen molar-refractivity contribution in [2.75, 3.05) is 13.1 Å². The van der Waals surface area contributed by atoms with Gasteiger partial charge in [-0.05, 0) is 43.7 Å². The highest BCUT2D eigenvalue weighted by Crippen LogP contribution is 2.33. The molecule has 6 nitrogen and oxygen atoms in total. The van der Waals surface area contributed by atoms with Gasteiger partial charge in [0.1, 0.15) is 0 Å². The normalized spacial score (nSPS) is 28.7. The smallest absolute Gasteiger partial charge is 0.237 e. The van der Waals surface area contributed by atoms with E-state index in [1.165, 1.54) is 0 Å². The Kier molecular flexibility index (Phi) is 4.58. The first kappa shape index (κ1) is 12.8. The first-order valence-corrected chi connectivity index (χ1v) is 5.66. The van der Waals surface area contributed by atoms with Crippen LogP contribution in [0, 0.1) is 5.92 Å². The molecule has 1 saturated carbocycles. The molecule has 1 fully saturated rings. The SMILES string of the molecule is CC1CCC(NCCCN=[N+]=[N-])(C(N)=O)C1. The fourth-order valence-electron chi connectivity index (χ4n) is 2.29. The maximum Gasteiger partial charge on any atom is 0.237 e. The number of hydrogen-bond donors (Lipinski definition) is 2. The zero-order valence-corrected chi connectivity index (χ0v) is 9.65. The van der Waals surface area contributed by atoms with Gasteiger partial charge >= 0.3 is 0 Å². The van der Waals surface area contributed by atoms with Gasteiger partial charge in [0.25, 0.3) is 0 Å². The highest BCUT2D eigenvalue weighted by Gasteiger charge is 2.41. The molecule has 2 atom stereocenters. The van der Waals surface area contributed by atoms with Gasteiger partial charge in [0, 0.05) is 11.5 Å². The van der Waals surface area contributed by atoms with Crippen molar-refractivity contribution < 1.29 is 4.79 Å². The lowest BCUT2D eigenvalue weighted by atomic mass is 9.95. The number of azide groups is 1. The minimum Gasteiger partial charge on any atom is -0.368 e. The Morgan fingerprint density at radius 3 is 3.00 bits per heavy atom. The van der Waals surface area contributed by atoms with Gasteiger partial charge in [-0.15, -0.1) is 0 Å². The van der Waals surface area contributed by atoms with Gasteiger partial charge in [-0.1, -0.05) is 12.0 Å². The lowest BCUT2D eigenvalue weighted by molar-refractivity contribution is -0.124. The minimum atomic E-state index is -0.532. The summed E-state index contributed by atoms with van der Waals surface area (Å²) in [5.41, 5.74) is 13.0. The molecule has 1 rings (SSSR count). The van der Waals surface area contributed by atoms with Gasteiger partial charge in [-0.2, -0.15) is 0 Å². The third-order valence-electron chi connectivity index (χ3n) is 3.19. The van der Waals surface area contributed by atoms with E-state index in [4.69, 9.17) is 11.3 Å². The topological polar surface area (TPSA) is 104 Å². The molecule has 0 saturated heterocycles. The maximum absolute atomic E-state index is 11.5. The largest absolute Gasteiger partial charge is 0.368 e. The molecule has 3 N–H and O–H groups in total. The Labute approximate surface area is 95.2 Å². The number of nitrogens with one attached hydrogen (secondary N) is 1. The number of carbonyl (C=O) groups excluding carboxylic acids is 1. The van der Waals surface area contributed by atoms with Crippen molar-refractivity contribution >= 4 is 5.91 Å². The van der Waals surface area contributed by atoms with Crippen molar-refractivity contribution in [2.45, 2.75) is 38.1 Å². The van der Waals surface area contributed by atoms with Gasteiger partial charge in [0.2, 0.25) is 5.91 Å². The van der Waals surface area contributed by atoms with E-state index in [1.54, 1.807) is 0 Å². The summed E-state index contributed by atoms with van der Waals surface area (Å²) in [5.74, 6) is 0.276. The fourth-order valence-corrected chi connectivity index (χ4v) is 2.29. The number of carbonyl (C=O) groups is 1. The molecule has 1 aliphatic carbocycles. The van der Waals surface area contributed by atoms with Crippen LogP contribution in [0.5, 0.6) is 0 Å². The number of nitrogens with zero attached hydrogens (tertiary/aromatic N) is 3. The second kappa shape index (κ2) is 5.72. The molecule has 0 heterocycles. The summed E-state index contributed by atoms with van der Waals surface area (Å²) in [6.07, 6.45) is 3.38. The fraction of sp³-hybridized carbons (Fsp3) is 0.900. The van der Waals surface area contributed by atoms with Crippen LogP contribution in [0.3, 0.4) is 0 Å².